The van der Waals surface area contributed by atoms with Gasteiger partial charge in [0.05, 0.1) is 7.11 Å². The quantitative estimate of drug-likeness (QED) is 0.638. The molecule has 0 fully saturated rings. The number of esters is 1. The third-order valence-electron chi connectivity index (χ3n) is 2.37. The van der Waals surface area contributed by atoms with Crippen molar-refractivity contribution in [1.29, 1.82) is 0 Å². The van der Waals surface area contributed by atoms with Crippen LogP contribution in [0.5, 0.6) is 0 Å². The van der Waals surface area contributed by atoms with E-state index in [0.29, 0.717) is 23.5 Å². The number of thioether (sulfide) groups is 1. The molecule has 0 aliphatic rings. The molecule has 0 saturated heterocycles. The molecule has 6 heteroatoms. The molecule has 0 heterocycles. The van der Waals surface area contributed by atoms with E-state index < -0.39 is 23.6 Å². The molecule has 0 aromatic heterocycles. The first-order chi connectivity index (χ1) is 8.56. The number of hydrogen-bond acceptors (Lipinski definition) is 4. The van der Waals surface area contributed by atoms with Gasteiger partial charge in [-0.3, -0.25) is 4.79 Å². The highest BCUT2D eigenvalue weighted by Gasteiger charge is 2.13. The third-order valence-corrected chi connectivity index (χ3v) is 3.41. The molecule has 2 N–H and O–H groups in total. The second-order valence-corrected chi connectivity index (χ2v) is 4.79. The van der Waals surface area contributed by atoms with Crippen molar-refractivity contribution in [2.24, 2.45) is 5.73 Å². The fourth-order valence-electron chi connectivity index (χ4n) is 1.32. The number of benzene rings is 1. The van der Waals surface area contributed by atoms with Crippen LogP contribution in [0.4, 0.5) is 8.78 Å². The monoisotopic (exact) mass is 275 g/mol. The lowest BCUT2D eigenvalue weighted by atomic mass is 10.2. The SMILES string of the molecule is COC(=O)C(N)CCSCc1cccc(F)c1F. The summed E-state index contributed by atoms with van der Waals surface area (Å²) in [5, 5.41) is 0. The zero-order chi connectivity index (χ0) is 13.5. The van der Waals surface area contributed by atoms with Crippen molar-refractivity contribution in [2.45, 2.75) is 18.2 Å². The smallest absolute Gasteiger partial charge is 0.322 e. The molecule has 0 aliphatic carbocycles. The standard InChI is InChI=1S/C12H15F2NO2S/c1-17-12(16)10(15)5-6-18-7-8-3-2-4-9(13)11(8)14/h2-4,10H,5-7,15H2,1H3. The van der Waals surface area contributed by atoms with Gasteiger partial charge >= 0.3 is 5.97 Å². The number of hydrogen-bond donors (Lipinski definition) is 1. The average molecular weight is 275 g/mol. The first-order valence-electron chi connectivity index (χ1n) is 5.40. The van der Waals surface area contributed by atoms with Gasteiger partial charge in [-0.2, -0.15) is 11.8 Å². The number of ether oxygens (including phenoxy) is 1. The minimum absolute atomic E-state index is 0.312. The highest BCUT2D eigenvalue weighted by molar-refractivity contribution is 7.98. The van der Waals surface area contributed by atoms with Gasteiger partial charge in [-0.25, -0.2) is 8.78 Å². The van der Waals surface area contributed by atoms with Crippen molar-refractivity contribution < 1.29 is 18.3 Å². The lowest BCUT2D eigenvalue weighted by Crippen LogP contribution is -2.31. The van der Waals surface area contributed by atoms with Crippen LogP contribution in [-0.2, 0) is 15.3 Å². The summed E-state index contributed by atoms with van der Waals surface area (Å²) in [6, 6.07) is 3.41. The van der Waals surface area contributed by atoms with Crippen LogP contribution in [0.15, 0.2) is 18.2 Å². The Morgan fingerprint density at radius 1 is 1.50 bits per heavy atom. The molecule has 0 amide bonds. The Morgan fingerprint density at radius 3 is 2.89 bits per heavy atom. The third kappa shape index (κ3) is 4.27. The molecule has 3 nitrogen and oxygen atoms in total. The van der Waals surface area contributed by atoms with Crippen LogP contribution in [0, 0.1) is 11.6 Å². The number of halogens is 2. The molecule has 1 aromatic carbocycles. The number of carbonyl (C=O) groups is 1. The van der Waals surface area contributed by atoms with Crippen molar-refractivity contribution in [3.63, 3.8) is 0 Å². The molecular formula is C12H15F2NO2S. The van der Waals surface area contributed by atoms with Crippen LogP contribution in [0.1, 0.15) is 12.0 Å². The van der Waals surface area contributed by atoms with Crippen molar-refractivity contribution >= 4 is 17.7 Å². The van der Waals surface area contributed by atoms with Gasteiger partial charge in [0, 0.05) is 11.3 Å². The van der Waals surface area contributed by atoms with Gasteiger partial charge in [0.25, 0.3) is 0 Å². The van der Waals surface area contributed by atoms with E-state index in [1.54, 1.807) is 0 Å². The fraction of sp³-hybridized carbons (Fsp3) is 0.417. The molecule has 0 spiro atoms. The van der Waals surface area contributed by atoms with E-state index in [-0.39, 0.29) is 0 Å². The highest BCUT2D eigenvalue weighted by atomic mass is 32.2. The molecule has 1 atom stereocenters. The van der Waals surface area contributed by atoms with E-state index >= 15 is 0 Å². The number of methoxy groups -OCH3 is 1. The number of nitrogens with two attached hydrogens (primary N) is 1. The molecule has 1 unspecified atom stereocenters. The van der Waals surface area contributed by atoms with E-state index in [1.807, 2.05) is 0 Å². The molecule has 100 valence electrons. The topological polar surface area (TPSA) is 52.3 Å². The van der Waals surface area contributed by atoms with Crippen molar-refractivity contribution in [1.82, 2.24) is 0 Å². The molecule has 1 aromatic rings. The molecular weight excluding hydrogens is 260 g/mol. The molecule has 18 heavy (non-hydrogen) atoms. The van der Waals surface area contributed by atoms with Crippen LogP contribution < -0.4 is 5.73 Å². The van der Waals surface area contributed by atoms with E-state index in [9.17, 15) is 13.6 Å². The predicted molar refractivity (Wildman–Crippen MR) is 67.1 cm³/mol. The highest BCUT2D eigenvalue weighted by Crippen LogP contribution is 2.18. The van der Waals surface area contributed by atoms with E-state index in [1.165, 1.54) is 31.0 Å². The summed E-state index contributed by atoms with van der Waals surface area (Å²) in [4.78, 5) is 11.0. The maximum Gasteiger partial charge on any atom is 0.322 e. The summed E-state index contributed by atoms with van der Waals surface area (Å²) in [6.07, 6.45) is 0.439. The first kappa shape index (κ1) is 14.9. The van der Waals surface area contributed by atoms with E-state index in [2.05, 4.69) is 4.74 Å². The largest absolute Gasteiger partial charge is 0.468 e. The van der Waals surface area contributed by atoms with Gasteiger partial charge in [0.15, 0.2) is 11.6 Å². The van der Waals surface area contributed by atoms with Gasteiger partial charge in [0.2, 0.25) is 0 Å². The van der Waals surface area contributed by atoms with E-state index in [0.717, 1.165) is 6.07 Å². The zero-order valence-corrected chi connectivity index (χ0v) is 10.8. The predicted octanol–water partition coefficient (Wildman–Crippen LogP) is 2.09. The van der Waals surface area contributed by atoms with Gasteiger partial charge in [-0.05, 0) is 18.2 Å². The fourth-order valence-corrected chi connectivity index (χ4v) is 2.33. The lowest BCUT2D eigenvalue weighted by molar-refractivity contribution is -0.142. The van der Waals surface area contributed by atoms with Crippen LogP contribution in [0.25, 0.3) is 0 Å². The summed E-state index contributed by atoms with van der Waals surface area (Å²) in [5.74, 6) is -1.21. The summed E-state index contributed by atoms with van der Waals surface area (Å²) in [7, 11) is 1.28. The van der Waals surface area contributed by atoms with E-state index in [4.69, 9.17) is 5.73 Å². The Hall–Kier alpha value is -1.14. The molecule has 1 rings (SSSR count). The Morgan fingerprint density at radius 2 is 2.22 bits per heavy atom. The molecule has 0 radical (unpaired) electrons. The Kier molecular flexibility index (Phi) is 6.07. The second-order valence-electron chi connectivity index (χ2n) is 3.68. The second kappa shape index (κ2) is 7.33. The molecule has 0 aliphatic heterocycles. The number of carbonyl (C=O) groups excluding carboxylic acids is 1. The van der Waals surface area contributed by atoms with Crippen LogP contribution in [0.2, 0.25) is 0 Å². The summed E-state index contributed by atoms with van der Waals surface area (Å²) in [5.41, 5.74) is 5.85. The Labute approximate surface area is 109 Å². The molecule has 0 saturated carbocycles. The van der Waals surface area contributed by atoms with Crippen LogP contribution in [0.3, 0.4) is 0 Å². The maximum absolute atomic E-state index is 13.3. The summed E-state index contributed by atoms with van der Waals surface area (Å²) >= 11 is 1.39. The van der Waals surface area contributed by atoms with Gasteiger partial charge in [-0.15, -0.1) is 0 Å². The zero-order valence-electron chi connectivity index (χ0n) is 9.99. The van der Waals surface area contributed by atoms with Crippen LogP contribution in [-0.4, -0.2) is 24.9 Å². The minimum Gasteiger partial charge on any atom is -0.468 e. The summed E-state index contributed by atoms with van der Waals surface area (Å²) in [6.45, 7) is 0. The van der Waals surface area contributed by atoms with Gasteiger partial charge in [0.1, 0.15) is 6.04 Å². The van der Waals surface area contributed by atoms with Crippen molar-refractivity contribution in [2.75, 3.05) is 12.9 Å². The van der Waals surface area contributed by atoms with Gasteiger partial charge in [-0.1, -0.05) is 12.1 Å². The lowest BCUT2D eigenvalue weighted by Gasteiger charge is -2.08. The van der Waals surface area contributed by atoms with Crippen molar-refractivity contribution in [3.8, 4) is 0 Å². The van der Waals surface area contributed by atoms with Crippen molar-refractivity contribution in [3.05, 3.63) is 35.4 Å². The minimum atomic E-state index is -0.848. The Balaban J connectivity index is 2.34. The van der Waals surface area contributed by atoms with Crippen LogP contribution >= 0.6 is 11.8 Å². The molecule has 0 bridgehead atoms. The first-order valence-corrected chi connectivity index (χ1v) is 6.55. The number of rotatable bonds is 6. The Bertz CT molecular complexity index is 415. The summed E-state index contributed by atoms with van der Waals surface area (Å²) < 4.78 is 30.7. The normalized spacial score (nSPS) is 12.2. The average Bonchev–Trinajstić information content (AvgIpc) is 2.38. The van der Waals surface area contributed by atoms with Gasteiger partial charge < -0.3 is 10.5 Å². The maximum atomic E-state index is 13.3.